The van der Waals surface area contributed by atoms with Crippen molar-refractivity contribution >= 4 is 16.9 Å². The van der Waals surface area contributed by atoms with E-state index in [1.807, 2.05) is 69.3 Å². The molecule has 4 rings (SSSR count). The van der Waals surface area contributed by atoms with Gasteiger partial charge in [0.25, 0.3) is 5.91 Å². The quantitative estimate of drug-likeness (QED) is 0.210. The van der Waals surface area contributed by atoms with E-state index in [2.05, 4.69) is 41.9 Å². The molecule has 38 heavy (non-hydrogen) atoms. The number of hydrogen-bond donors (Lipinski definition) is 1. The maximum absolute atomic E-state index is 12.7. The summed E-state index contributed by atoms with van der Waals surface area (Å²) in [6, 6.07) is 22.2. The van der Waals surface area contributed by atoms with Gasteiger partial charge in [0, 0.05) is 6.54 Å². The first-order chi connectivity index (χ1) is 18.3. The largest absolute Gasteiger partial charge is 0.494 e. The fourth-order valence-electron chi connectivity index (χ4n) is 4.52. The van der Waals surface area contributed by atoms with Crippen LogP contribution in [0, 0.1) is 13.8 Å². The lowest BCUT2D eigenvalue weighted by Gasteiger charge is -2.17. The number of rotatable bonds is 12. The highest BCUT2D eigenvalue weighted by atomic mass is 16.5. The monoisotopic (exact) mass is 513 g/mol. The summed E-state index contributed by atoms with van der Waals surface area (Å²) in [5, 5.41) is 3.07. The Labute approximate surface area is 226 Å². The summed E-state index contributed by atoms with van der Waals surface area (Å²) in [6.45, 7) is 11.8. The van der Waals surface area contributed by atoms with Crippen molar-refractivity contribution in [1.29, 1.82) is 0 Å². The molecule has 200 valence electrons. The van der Waals surface area contributed by atoms with Crippen LogP contribution < -0.4 is 14.8 Å². The predicted molar refractivity (Wildman–Crippen MR) is 153 cm³/mol. The van der Waals surface area contributed by atoms with Gasteiger partial charge in [-0.2, -0.15) is 0 Å². The van der Waals surface area contributed by atoms with Crippen LogP contribution in [0.1, 0.15) is 68.1 Å². The van der Waals surface area contributed by atoms with Gasteiger partial charge in [0.05, 0.1) is 23.7 Å². The highest BCUT2D eigenvalue weighted by Crippen LogP contribution is 2.23. The number of aromatic nitrogens is 2. The Morgan fingerprint density at radius 3 is 2.47 bits per heavy atom. The number of nitrogens with zero attached hydrogens (tertiary/aromatic N) is 2. The molecule has 6 nitrogen and oxygen atoms in total. The van der Waals surface area contributed by atoms with Gasteiger partial charge in [-0.3, -0.25) is 4.79 Å². The van der Waals surface area contributed by atoms with Crippen molar-refractivity contribution in [3.8, 4) is 11.5 Å². The number of imidazole rings is 1. The zero-order chi connectivity index (χ0) is 27.1. The summed E-state index contributed by atoms with van der Waals surface area (Å²) in [7, 11) is 0. The van der Waals surface area contributed by atoms with Crippen molar-refractivity contribution in [2.24, 2.45) is 0 Å². The zero-order valence-electron chi connectivity index (χ0n) is 23.2. The molecule has 0 radical (unpaired) electrons. The molecule has 0 aliphatic carbocycles. The first kappa shape index (κ1) is 27.2. The van der Waals surface area contributed by atoms with Crippen LogP contribution in [-0.4, -0.2) is 28.7 Å². The molecule has 3 aromatic carbocycles. The van der Waals surface area contributed by atoms with E-state index < -0.39 is 0 Å². The molecule has 1 atom stereocenters. The Balaban J connectivity index is 1.34. The van der Waals surface area contributed by atoms with Gasteiger partial charge >= 0.3 is 0 Å². The smallest absolute Gasteiger partial charge is 0.258 e. The average molecular weight is 514 g/mol. The summed E-state index contributed by atoms with van der Waals surface area (Å²) in [4.78, 5) is 17.6. The van der Waals surface area contributed by atoms with Gasteiger partial charge in [-0.25, -0.2) is 4.98 Å². The molecule has 0 saturated carbocycles. The summed E-state index contributed by atoms with van der Waals surface area (Å²) in [6.07, 6.45) is 1.86. The molecule has 1 amide bonds. The van der Waals surface area contributed by atoms with Crippen molar-refractivity contribution < 1.29 is 14.3 Å². The van der Waals surface area contributed by atoms with E-state index in [1.165, 1.54) is 5.56 Å². The Bertz CT molecular complexity index is 1360. The number of ether oxygens (including phenoxy) is 2. The average Bonchev–Trinajstić information content (AvgIpc) is 3.28. The predicted octanol–water partition coefficient (Wildman–Crippen LogP) is 6.89. The number of hydrogen-bond acceptors (Lipinski definition) is 4. The molecule has 0 spiro atoms. The molecular formula is C32H39N3O3. The number of fused-ring (bicyclic) bond motifs is 1. The van der Waals surface area contributed by atoms with Crippen LogP contribution in [0.2, 0.25) is 0 Å². The first-order valence-electron chi connectivity index (χ1n) is 13.5. The summed E-state index contributed by atoms with van der Waals surface area (Å²) in [5.41, 5.74) is 5.42. The van der Waals surface area contributed by atoms with Crippen LogP contribution in [0.4, 0.5) is 0 Å². The van der Waals surface area contributed by atoms with Crippen LogP contribution in [0.5, 0.6) is 11.5 Å². The first-order valence-corrected chi connectivity index (χ1v) is 13.5. The topological polar surface area (TPSA) is 65.4 Å². The summed E-state index contributed by atoms with van der Waals surface area (Å²) >= 11 is 0. The third-order valence-electron chi connectivity index (χ3n) is 6.74. The van der Waals surface area contributed by atoms with E-state index in [1.54, 1.807) is 0 Å². The van der Waals surface area contributed by atoms with Gasteiger partial charge in [0.1, 0.15) is 17.3 Å². The summed E-state index contributed by atoms with van der Waals surface area (Å²) in [5.74, 6) is 2.83. The molecular weight excluding hydrogens is 474 g/mol. The maximum atomic E-state index is 12.7. The van der Waals surface area contributed by atoms with Crippen LogP contribution in [0.25, 0.3) is 11.0 Å². The van der Waals surface area contributed by atoms with E-state index in [-0.39, 0.29) is 18.6 Å². The van der Waals surface area contributed by atoms with Gasteiger partial charge in [0.2, 0.25) is 0 Å². The SMILES string of the molecule is Cc1ccc(C)c(OCC(=O)NC(C)c2nc3ccccc3n2CCCCOc2ccc(C(C)C)cc2)c1. The molecule has 0 aliphatic heterocycles. The van der Waals surface area contributed by atoms with Crippen molar-refractivity contribution in [2.75, 3.05) is 13.2 Å². The van der Waals surface area contributed by atoms with Gasteiger partial charge in [-0.05, 0) is 86.6 Å². The van der Waals surface area contributed by atoms with Crippen LogP contribution >= 0.6 is 0 Å². The molecule has 0 bridgehead atoms. The number of benzene rings is 3. The number of carbonyl (C=O) groups is 1. The number of para-hydroxylation sites is 2. The molecule has 1 heterocycles. The van der Waals surface area contributed by atoms with Crippen molar-refractivity contribution in [3.63, 3.8) is 0 Å². The number of nitrogens with one attached hydrogen (secondary N) is 1. The van der Waals surface area contributed by atoms with Crippen molar-refractivity contribution in [3.05, 3.63) is 89.2 Å². The maximum Gasteiger partial charge on any atom is 0.258 e. The number of unbranched alkanes of at least 4 members (excludes halogenated alkanes) is 1. The third-order valence-corrected chi connectivity index (χ3v) is 6.74. The van der Waals surface area contributed by atoms with E-state index in [0.29, 0.717) is 12.5 Å². The standard InChI is InChI=1S/C32H39N3O3/c1-22(2)26-14-16-27(17-15-26)37-19-9-8-18-35-29-11-7-6-10-28(29)34-32(35)25(5)33-31(36)21-38-30-20-23(3)12-13-24(30)4/h6-7,10-17,20,22,25H,8-9,18-19,21H2,1-5H3,(H,33,36). The lowest BCUT2D eigenvalue weighted by atomic mass is 10.0. The number of amides is 1. The molecule has 6 heteroatoms. The third kappa shape index (κ3) is 6.94. The molecule has 0 fully saturated rings. The van der Waals surface area contributed by atoms with Gasteiger partial charge in [0.15, 0.2) is 6.61 Å². The van der Waals surface area contributed by atoms with E-state index in [4.69, 9.17) is 14.5 Å². The van der Waals surface area contributed by atoms with Gasteiger partial charge < -0.3 is 19.4 Å². The summed E-state index contributed by atoms with van der Waals surface area (Å²) < 4.78 is 14.0. The van der Waals surface area contributed by atoms with Crippen molar-refractivity contribution in [2.45, 2.75) is 66.0 Å². The zero-order valence-corrected chi connectivity index (χ0v) is 23.2. The molecule has 0 saturated heterocycles. The van der Waals surface area contributed by atoms with Gasteiger partial charge in [-0.15, -0.1) is 0 Å². The highest BCUT2D eigenvalue weighted by molar-refractivity contribution is 5.79. The lowest BCUT2D eigenvalue weighted by molar-refractivity contribution is -0.123. The normalized spacial score (nSPS) is 12.1. The van der Waals surface area contributed by atoms with E-state index >= 15 is 0 Å². The minimum Gasteiger partial charge on any atom is -0.494 e. The number of aryl methyl sites for hydroxylation is 3. The molecule has 1 unspecified atom stereocenters. The highest BCUT2D eigenvalue weighted by Gasteiger charge is 2.19. The van der Waals surface area contributed by atoms with Crippen LogP contribution in [-0.2, 0) is 11.3 Å². The number of carbonyl (C=O) groups excluding carboxylic acids is 1. The van der Waals surface area contributed by atoms with Crippen molar-refractivity contribution in [1.82, 2.24) is 14.9 Å². The second-order valence-corrected chi connectivity index (χ2v) is 10.2. The Hall–Kier alpha value is -3.80. The molecule has 0 aliphatic rings. The Morgan fingerprint density at radius 1 is 0.947 bits per heavy atom. The molecule has 1 aromatic heterocycles. The second kappa shape index (κ2) is 12.6. The van der Waals surface area contributed by atoms with E-state index in [9.17, 15) is 4.79 Å². The minimum absolute atomic E-state index is 0.0374. The fraction of sp³-hybridized carbons (Fsp3) is 0.375. The molecule has 1 N–H and O–H groups in total. The van der Waals surface area contributed by atoms with Crippen LogP contribution in [0.3, 0.4) is 0 Å². The second-order valence-electron chi connectivity index (χ2n) is 10.2. The molecule has 4 aromatic rings. The lowest BCUT2D eigenvalue weighted by Crippen LogP contribution is -2.32. The van der Waals surface area contributed by atoms with Gasteiger partial charge in [-0.1, -0.05) is 50.2 Å². The Morgan fingerprint density at radius 2 is 1.71 bits per heavy atom. The van der Waals surface area contributed by atoms with E-state index in [0.717, 1.165) is 58.9 Å². The fourth-order valence-corrected chi connectivity index (χ4v) is 4.52. The minimum atomic E-state index is -0.257. The van der Waals surface area contributed by atoms with Crippen LogP contribution in [0.15, 0.2) is 66.7 Å². The Kier molecular flexibility index (Phi) is 9.06.